The van der Waals surface area contributed by atoms with E-state index in [1.54, 1.807) is 0 Å². The van der Waals surface area contributed by atoms with Crippen molar-refractivity contribution in [3.05, 3.63) is 0 Å². The number of ketones is 1. The van der Waals surface area contributed by atoms with Crippen molar-refractivity contribution in [1.82, 2.24) is 9.80 Å². The standard InChI is InChI=1S/C16H28N2O/c1-17-14-7-8-15(17)11-18(10-9-14)12-16(19)13-5-3-2-4-6-13/h13-15H,2-12H2,1H3. The van der Waals surface area contributed by atoms with E-state index in [1.165, 1.54) is 38.5 Å². The predicted molar refractivity (Wildman–Crippen MR) is 77.2 cm³/mol. The van der Waals surface area contributed by atoms with Crippen molar-refractivity contribution in [1.29, 1.82) is 0 Å². The molecule has 2 heterocycles. The molecule has 0 aromatic rings. The van der Waals surface area contributed by atoms with Gasteiger partial charge in [0.1, 0.15) is 5.78 Å². The summed E-state index contributed by atoms with van der Waals surface area (Å²) in [6, 6.07) is 1.48. The number of carbonyl (C=O) groups excluding carboxylic acids is 1. The molecule has 19 heavy (non-hydrogen) atoms. The van der Waals surface area contributed by atoms with E-state index in [2.05, 4.69) is 16.8 Å². The average molecular weight is 264 g/mol. The Morgan fingerprint density at radius 2 is 1.74 bits per heavy atom. The molecule has 0 aromatic heterocycles. The average Bonchev–Trinajstić information content (AvgIpc) is 2.68. The maximum atomic E-state index is 12.4. The summed E-state index contributed by atoms with van der Waals surface area (Å²) >= 11 is 0. The molecule has 3 heteroatoms. The van der Waals surface area contributed by atoms with Gasteiger partial charge in [0.15, 0.2) is 0 Å². The van der Waals surface area contributed by atoms with Crippen LogP contribution in [0.4, 0.5) is 0 Å². The normalized spacial score (nSPS) is 34.4. The molecule has 3 aliphatic rings. The predicted octanol–water partition coefficient (Wildman–Crippen LogP) is 2.30. The van der Waals surface area contributed by atoms with Crippen LogP contribution >= 0.6 is 0 Å². The van der Waals surface area contributed by atoms with Gasteiger partial charge < -0.3 is 0 Å². The summed E-state index contributed by atoms with van der Waals surface area (Å²) in [5, 5.41) is 0. The molecule has 3 fully saturated rings. The van der Waals surface area contributed by atoms with Crippen LogP contribution in [-0.2, 0) is 4.79 Å². The van der Waals surface area contributed by atoms with Gasteiger partial charge in [0.2, 0.25) is 0 Å². The molecule has 0 radical (unpaired) electrons. The first-order valence-corrected chi connectivity index (χ1v) is 8.21. The summed E-state index contributed by atoms with van der Waals surface area (Å²) < 4.78 is 0. The van der Waals surface area contributed by atoms with Crippen molar-refractivity contribution in [2.24, 2.45) is 5.92 Å². The van der Waals surface area contributed by atoms with Crippen LogP contribution in [0, 0.1) is 5.92 Å². The Labute approximate surface area is 117 Å². The van der Waals surface area contributed by atoms with Crippen molar-refractivity contribution >= 4 is 5.78 Å². The van der Waals surface area contributed by atoms with Crippen LogP contribution in [0.2, 0.25) is 0 Å². The first kappa shape index (κ1) is 13.6. The third-order valence-electron chi connectivity index (χ3n) is 5.67. The van der Waals surface area contributed by atoms with Gasteiger partial charge in [-0.25, -0.2) is 0 Å². The lowest BCUT2D eigenvalue weighted by atomic mass is 9.86. The lowest BCUT2D eigenvalue weighted by molar-refractivity contribution is -0.125. The van der Waals surface area contributed by atoms with Crippen LogP contribution in [0.3, 0.4) is 0 Å². The maximum absolute atomic E-state index is 12.4. The van der Waals surface area contributed by atoms with Crippen LogP contribution in [0.25, 0.3) is 0 Å². The molecule has 0 amide bonds. The van der Waals surface area contributed by atoms with Gasteiger partial charge in [0, 0.05) is 31.1 Å². The Balaban J connectivity index is 1.53. The van der Waals surface area contributed by atoms with Crippen LogP contribution < -0.4 is 0 Å². The number of rotatable bonds is 3. The van der Waals surface area contributed by atoms with Crippen molar-refractivity contribution in [3.63, 3.8) is 0 Å². The van der Waals surface area contributed by atoms with E-state index in [9.17, 15) is 4.79 Å². The summed E-state index contributed by atoms with van der Waals surface area (Å²) in [7, 11) is 2.27. The molecule has 3 nitrogen and oxygen atoms in total. The van der Waals surface area contributed by atoms with Crippen molar-refractivity contribution in [3.8, 4) is 0 Å². The monoisotopic (exact) mass is 264 g/mol. The Kier molecular flexibility index (Phi) is 4.23. The lowest BCUT2D eigenvalue weighted by Gasteiger charge is -2.27. The van der Waals surface area contributed by atoms with Crippen LogP contribution in [0.15, 0.2) is 0 Å². The second-order valence-corrected chi connectivity index (χ2v) is 6.88. The minimum atomic E-state index is 0.381. The summed E-state index contributed by atoms with van der Waals surface area (Å²) in [5.74, 6) is 0.909. The molecule has 0 spiro atoms. The smallest absolute Gasteiger partial charge is 0.149 e. The molecule has 2 unspecified atom stereocenters. The Hall–Kier alpha value is -0.410. The van der Waals surface area contributed by atoms with Gasteiger partial charge in [0.25, 0.3) is 0 Å². The van der Waals surface area contributed by atoms with E-state index >= 15 is 0 Å². The Bertz CT molecular complexity index is 325. The molecular formula is C16H28N2O. The van der Waals surface area contributed by atoms with E-state index < -0.39 is 0 Å². The highest BCUT2D eigenvalue weighted by atomic mass is 16.1. The summed E-state index contributed by atoms with van der Waals surface area (Å²) in [6.07, 6.45) is 10.1. The molecule has 0 aromatic carbocycles. The zero-order valence-corrected chi connectivity index (χ0v) is 12.3. The number of nitrogens with zero attached hydrogens (tertiary/aromatic N) is 2. The van der Waals surface area contributed by atoms with Gasteiger partial charge in [-0.15, -0.1) is 0 Å². The second kappa shape index (κ2) is 5.92. The minimum absolute atomic E-state index is 0.381. The number of hydrogen-bond acceptors (Lipinski definition) is 3. The van der Waals surface area contributed by atoms with E-state index in [0.29, 0.717) is 17.7 Å². The van der Waals surface area contributed by atoms with Gasteiger partial charge in [-0.3, -0.25) is 14.6 Å². The van der Waals surface area contributed by atoms with E-state index in [0.717, 1.165) is 38.5 Å². The van der Waals surface area contributed by atoms with Crippen molar-refractivity contribution in [2.45, 2.75) is 63.5 Å². The van der Waals surface area contributed by atoms with Crippen LogP contribution in [-0.4, -0.2) is 54.3 Å². The molecule has 2 saturated heterocycles. The molecule has 108 valence electrons. The molecule has 1 aliphatic carbocycles. The molecular weight excluding hydrogens is 236 g/mol. The van der Waals surface area contributed by atoms with Crippen LogP contribution in [0.5, 0.6) is 0 Å². The first-order valence-electron chi connectivity index (χ1n) is 8.21. The third-order valence-corrected chi connectivity index (χ3v) is 5.67. The van der Waals surface area contributed by atoms with Gasteiger partial charge >= 0.3 is 0 Å². The van der Waals surface area contributed by atoms with E-state index in [4.69, 9.17) is 0 Å². The zero-order valence-electron chi connectivity index (χ0n) is 12.3. The molecule has 1 saturated carbocycles. The lowest BCUT2D eigenvalue weighted by Crippen LogP contribution is -2.40. The highest BCUT2D eigenvalue weighted by molar-refractivity contribution is 5.83. The highest BCUT2D eigenvalue weighted by Crippen LogP contribution is 2.29. The number of carbonyl (C=O) groups is 1. The van der Waals surface area contributed by atoms with Gasteiger partial charge in [-0.1, -0.05) is 19.3 Å². The largest absolute Gasteiger partial charge is 0.299 e. The topological polar surface area (TPSA) is 23.6 Å². The minimum Gasteiger partial charge on any atom is -0.299 e. The molecule has 2 bridgehead atoms. The first-order chi connectivity index (χ1) is 9.24. The fraction of sp³-hybridized carbons (Fsp3) is 0.938. The van der Waals surface area contributed by atoms with Crippen molar-refractivity contribution in [2.75, 3.05) is 26.7 Å². The quantitative estimate of drug-likeness (QED) is 0.781. The number of hydrogen-bond donors (Lipinski definition) is 0. The van der Waals surface area contributed by atoms with Gasteiger partial charge in [-0.05, 0) is 39.2 Å². The number of likely N-dealkylation sites (tertiary alicyclic amines) is 1. The van der Waals surface area contributed by atoms with E-state index in [-0.39, 0.29) is 0 Å². The third kappa shape index (κ3) is 3.03. The Morgan fingerprint density at radius 1 is 1.00 bits per heavy atom. The number of fused-ring (bicyclic) bond motifs is 2. The molecule has 2 atom stereocenters. The fourth-order valence-corrected chi connectivity index (χ4v) is 4.30. The molecule has 0 N–H and O–H groups in total. The second-order valence-electron chi connectivity index (χ2n) is 6.88. The highest BCUT2D eigenvalue weighted by Gasteiger charge is 2.35. The maximum Gasteiger partial charge on any atom is 0.149 e. The fourth-order valence-electron chi connectivity index (χ4n) is 4.30. The Morgan fingerprint density at radius 3 is 2.53 bits per heavy atom. The van der Waals surface area contributed by atoms with Crippen LogP contribution in [0.1, 0.15) is 51.4 Å². The van der Waals surface area contributed by atoms with Crippen molar-refractivity contribution < 1.29 is 4.79 Å². The summed E-state index contributed by atoms with van der Waals surface area (Å²) in [5.41, 5.74) is 0. The van der Waals surface area contributed by atoms with E-state index in [1.807, 2.05) is 0 Å². The van der Waals surface area contributed by atoms with Gasteiger partial charge in [0.05, 0.1) is 6.54 Å². The number of likely N-dealkylation sites (N-methyl/N-ethyl adjacent to an activating group) is 1. The number of Topliss-reactive ketones (excluding diaryl/α,β-unsaturated/α-hetero) is 1. The summed E-state index contributed by atoms with van der Waals surface area (Å²) in [6.45, 7) is 2.97. The summed E-state index contributed by atoms with van der Waals surface area (Å²) in [4.78, 5) is 17.4. The zero-order chi connectivity index (χ0) is 13.2. The SMILES string of the molecule is CN1C2CCC1CN(CC(=O)C1CCCCC1)CC2. The molecule has 3 rings (SSSR count). The van der Waals surface area contributed by atoms with Gasteiger partial charge in [-0.2, -0.15) is 0 Å². The molecule has 2 aliphatic heterocycles.